The van der Waals surface area contributed by atoms with Crippen LogP contribution in [0.1, 0.15) is 13.3 Å². The van der Waals surface area contributed by atoms with Gasteiger partial charge in [0.15, 0.2) is 0 Å². The molecule has 11 heavy (non-hydrogen) atoms. The van der Waals surface area contributed by atoms with Crippen LogP contribution >= 0.6 is 0 Å². The number of carbonyl (C=O) groups is 1. The summed E-state index contributed by atoms with van der Waals surface area (Å²) in [6, 6.07) is -0.206. The maximum Gasteiger partial charge on any atom is 0.220 e. The van der Waals surface area contributed by atoms with E-state index in [1.807, 2.05) is 0 Å². The topological polar surface area (TPSA) is 58.6 Å². The number of rotatable bonds is 2. The number of aliphatic hydroxyl groups is 1. The molecule has 0 spiro atoms. The van der Waals surface area contributed by atoms with E-state index in [2.05, 4.69) is 5.32 Å². The van der Waals surface area contributed by atoms with Gasteiger partial charge in [0, 0.05) is 6.42 Å². The van der Waals surface area contributed by atoms with Crippen molar-refractivity contribution < 1.29 is 14.6 Å². The van der Waals surface area contributed by atoms with Crippen molar-refractivity contribution in [2.24, 2.45) is 0 Å². The lowest BCUT2D eigenvalue weighted by Gasteiger charge is -2.13. The van der Waals surface area contributed by atoms with Crippen molar-refractivity contribution in [3.63, 3.8) is 0 Å². The molecule has 2 N–H and O–H groups in total. The second-order valence-corrected chi connectivity index (χ2v) is 2.63. The third-order valence-electron chi connectivity index (χ3n) is 1.72. The summed E-state index contributed by atoms with van der Waals surface area (Å²) in [4.78, 5) is 10.8. The van der Waals surface area contributed by atoms with Crippen LogP contribution in [0.2, 0.25) is 0 Å². The lowest BCUT2D eigenvalue weighted by molar-refractivity contribution is -0.122. The van der Waals surface area contributed by atoms with E-state index in [1.165, 1.54) is 0 Å². The Balaban J connectivity index is 2.30. The summed E-state index contributed by atoms with van der Waals surface area (Å²) in [5, 5.41) is 11.9. The number of aliphatic hydroxyl groups excluding tert-OH is 1. The number of carbonyl (C=O) groups excluding carboxylic acids is 1. The van der Waals surface area contributed by atoms with Crippen LogP contribution in [0.25, 0.3) is 0 Å². The maximum absolute atomic E-state index is 10.8. The van der Waals surface area contributed by atoms with Gasteiger partial charge in [-0.05, 0) is 0 Å². The number of amides is 1. The molecular formula is C7H13NO3. The molecular weight excluding hydrogens is 146 g/mol. The van der Waals surface area contributed by atoms with E-state index < -0.39 is 6.10 Å². The minimum atomic E-state index is -0.537. The van der Waals surface area contributed by atoms with Gasteiger partial charge in [0.1, 0.15) is 0 Å². The predicted molar refractivity (Wildman–Crippen MR) is 39.0 cm³/mol. The van der Waals surface area contributed by atoms with Crippen LogP contribution < -0.4 is 5.32 Å². The Morgan fingerprint density at radius 1 is 1.73 bits per heavy atom. The highest BCUT2D eigenvalue weighted by Gasteiger charge is 2.26. The summed E-state index contributed by atoms with van der Waals surface area (Å²) < 4.78 is 4.95. The van der Waals surface area contributed by atoms with Crippen LogP contribution in [0, 0.1) is 0 Å². The van der Waals surface area contributed by atoms with Gasteiger partial charge in [0.2, 0.25) is 5.91 Å². The minimum Gasteiger partial charge on any atom is -0.388 e. The molecule has 1 heterocycles. The molecule has 0 aromatic heterocycles. The first kappa shape index (κ1) is 8.49. The summed E-state index contributed by atoms with van der Waals surface area (Å²) in [5.41, 5.74) is 0. The van der Waals surface area contributed by atoms with E-state index in [4.69, 9.17) is 4.74 Å². The van der Waals surface area contributed by atoms with E-state index >= 15 is 0 Å². The fourth-order valence-corrected chi connectivity index (χ4v) is 0.990. The van der Waals surface area contributed by atoms with Crippen LogP contribution in [0.15, 0.2) is 0 Å². The molecule has 0 aromatic carbocycles. The molecule has 1 rings (SSSR count). The molecule has 0 saturated carbocycles. The molecule has 1 amide bonds. The Labute approximate surface area is 65.5 Å². The fraction of sp³-hybridized carbons (Fsp3) is 0.857. The molecule has 0 aromatic rings. The summed E-state index contributed by atoms with van der Waals surface area (Å²) in [6.07, 6.45) is -0.0889. The molecule has 64 valence electrons. The van der Waals surface area contributed by atoms with Gasteiger partial charge in [-0.2, -0.15) is 0 Å². The SMILES string of the molecule is CCC(=O)N[C@@H]1COC[C@@H]1O. The Morgan fingerprint density at radius 3 is 2.91 bits per heavy atom. The molecule has 0 radical (unpaired) electrons. The van der Waals surface area contributed by atoms with Crippen molar-refractivity contribution in [1.29, 1.82) is 0 Å². The lowest BCUT2D eigenvalue weighted by Crippen LogP contribution is -2.42. The van der Waals surface area contributed by atoms with Gasteiger partial charge < -0.3 is 15.2 Å². The maximum atomic E-state index is 10.8. The fourth-order valence-electron chi connectivity index (χ4n) is 0.990. The van der Waals surface area contributed by atoms with E-state index in [0.29, 0.717) is 19.6 Å². The van der Waals surface area contributed by atoms with Crippen LogP contribution in [-0.4, -0.2) is 36.4 Å². The van der Waals surface area contributed by atoms with Crippen molar-refractivity contribution in [2.45, 2.75) is 25.5 Å². The Kier molecular flexibility index (Phi) is 2.84. The Hall–Kier alpha value is -0.610. The van der Waals surface area contributed by atoms with Gasteiger partial charge in [0.25, 0.3) is 0 Å². The first-order valence-corrected chi connectivity index (χ1v) is 3.79. The molecule has 0 bridgehead atoms. The average Bonchev–Trinajstić information content (AvgIpc) is 2.37. The largest absolute Gasteiger partial charge is 0.388 e. The van der Waals surface area contributed by atoms with Gasteiger partial charge >= 0.3 is 0 Å². The number of hydrogen-bond donors (Lipinski definition) is 2. The van der Waals surface area contributed by atoms with Crippen molar-refractivity contribution in [3.05, 3.63) is 0 Å². The predicted octanol–water partition coefficient (Wildman–Crippen LogP) is -0.728. The zero-order valence-electron chi connectivity index (χ0n) is 6.54. The third kappa shape index (κ3) is 2.17. The zero-order chi connectivity index (χ0) is 8.27. The molecule has 0 unspecified atom stereocenters. The average molecular weight is 159 g/mol. The van der Waals surface area contributed by atoms with Crippen LogP contribution in [-0.2, 0) is 9.53 Å². The van der Waals surface area contributed by atoms with Crippen molar-refractivity contribution in [2.75, 3.05) is 13.2 Å². The smallest absolute Gasteiger partial charge is 0.220 e. The van der Waals surface area contributed by atoms with Crippen molar-refractivity contribution in [1.82, 2.24) is 5.32 Å². The normalized spacial score (nSPS) is 30.4. The van der Waals surface area contributed by atoms with Gasteiger partial charge in [-0.25, -0.2) is 0 Å². The van der Waals surface area contributed by atoms with Crippen molar-refractivity contribution >= 4 is 5.91 Å². The summed E-state index contributed by atoms with van der Waals surface area (Å²) in [5.74, 6) is -0.0421. The van der Waals surface area contributed by atoms with Gasteiger partial charge in [-0.3, -0.25) is 4.79 Å². The second-order valence-electron chi connectivity index (χ2n) is 2.63. The van der Waals surface area contributed by atoms with Crippen LogP contribution in [0.4, 0.5) is 0 Å². The quantitative estimate of drug-likeness (QED) is 0.558. The van der Waals surface area contributed by atoms with Crippen molar-refractivity contribution in [3.8, 4) is 0 Å². The highest BCUT2D eigenvalue weighted by atomic mass is 16.5. The minimum absolute atomic E-state index is 0.0421. The third-order valence-corrected chi connectivity index (χ3v) is 1.72. The molecule has 2 atom stereocenters. The highest BCUT2D eigenvalue weighted by molar-refractivity contribution is 5.75. The lowest BCUT2D eigenvalue weighted by atomic mass is 10.2. The number of hydrogen-bond acceptors (Lipinski definition) is 3. The summed E-state index contributed by atoms with van der Waals surface area (Å²) >= 11 is 0. The van der Waals surface area contributed by atoms with E-state index in [-0.39, 0.29) is 11.9 Å². The summed E-state index contributed by atoms with van der Waals surface area (Å²) in [7, 11) is 0. The van der Waals surface area contributed by atoms with Crippen LogP contribution in [0.5, 0.6) is 0 Å². The molecule has 1 aliphatic rings. The van der Waals surface area contributed by atoms with E-state index in [9.17, 15) is 9.90 Å². The summed E-state index contributed by atoms with van der Waals surface area (Å²) in [6.45, 7) is 2.53. The molecule has 1 saturated heterocycles. The molecule has 0 aliphatic carbocycles. The van der Waals surface area contributed by atoms with E-state index in [0.717, 1.165) is 0 Å². The standard InChI is InChI=1S/C7H13NO3/c1-2-7(10)8-5-3-11-4-6(5)9/h5-6,9H,2-4H2,1H3,(H,8,10)/t5-,6+/m1/s1. The van der Waals surface area contributed by atoms with E-state index in [1.54, 1.807) is 6.92 Å². The first-order valence-electron chi connectivity index (χ1n) is 3.79. The second kappa shape index (κ2) is 3.69. The number of ether oxygens (including phenoxy) is 1. The Morgan fingerprint density at radius 2 is 2.45 bits per heavy atom. The highest BCUT2D eigenvalue weighted by Crippen LogP contribution is 2.04. The zero-order valence-corrected chi connectivity index (χ0v) is 6.54. The Bertz CT molecular complexity index is 149. The van der Waals surface area contributed by atoms with Crippen LogP contribution in [0.3, 0.4) is 0 Å². The van der Waals surface area contributed by atoms with Gasteiger partial charge in [-0.15, -0.1) is 0 Å². The molecule has 4 nitrogen and oxygen atoms in total. The molecule has 1 fully saturated rings. The molecule has 4 heteroatoms. The van der Waals surface area contributed by atoms with Gasteiger partial charge in [0.05, 0.1) is 25.4 Å². The number of nitrogens with one attached hydrogen (secondary N) is 1. The first-order chi connectivity index (χ1) is 5.24. The monoisotopic (exact) mass is 159 g/mol. The van der Waals surface area contributed by atoms with Gasteiger partial charge in [-0.1, -0.05) is 6.92 Å². The molecule has 1 aliphatic heterocycles.